The highest BCUT2D eigenvalue weighted by molar-refractivity contribution is 8.26. The molecule has 5 rings (SSSR count). The van der Waals surface area contributed by atoms with Crippen molar-refractivity contribution in [3.8, 4) is 11.3 Å². The first-order valence-electron chi connectivity index (χ1n) is 10.6. The largest absolute Gasteiger partial charge is 0.478 e. The number of hydrogen-bond acceptors (Lipinski definition) is 5. The van der Waals surface area contributed by atoms with Crippen molar-refractivity contribution < 1.29 is 19.1 Å². The minimum absolute atomic E-state index is 0.0580. The number of allylic oxidation sites excluding steroid dienone is 3. The molecule has 1 aromatic carbocycles. The SMILES string of the molecule is O=C(O)c1ccc(-c2ccc(/C=C3\SC(=S)N(C4CCC[C@@H]5C=CC=CC45)C3=O)o2)cc1. The molecule has 1 amide bonds. The van der Waals surface area contributed by atoms with Gasteiger partial charge in [-0.1, -0.05) is 66.8 Å². The summed E-state index contributed by atoms with van der Waals surface area (Å²) in [6.07, 6.45) is 13.6. The Morgan fingerprint density at radius 3 is 2.69 bits per heavy atom. The van der Waals surface area contributed by atoms with E-state index >= 15 is 0 Å². The minimum atomic E-state index is -0.970. The van der Waals surface area contributed by atoms with Crippen molar-refractivity contribution >= 4 is 46.3 Å². The van der Waals surface area contributed by atoms with Gasteiger partial charge in [0.2, 0.25) is 0 Å². The Labute approximate surface area is 195 Å². The van der Waals surface area contributed by atoms with Crippen molar-refractivity contribution in [3.05, 3.63) is 76.9 Å². The van der Waals surface area contributed by atoms with Gasteiger partial charge in [0.15, 0.2) is 0 Å². The number of carboxylic acid groups (broad SMARTS) is 1. The van der Waals surface area contributed by atoms with Crippen LogP contribution in [0.1, 0.15) is 35.4 Å². The molecule has 2 heterocycles. The Hall–Kier alpha value is -2.90. The molecule has 0 radical (unpaired) electrons. The highest BCUT2D eigenvalue weighted by Crippen LogP contribution is 2.43. The van der Waals surface area contributed by atoms with Gasteiger partial charge < -0.3 is 9.52 Å². The number of aromatic carboxylic acids is 1. The van der Waals surface area contributed by atoms with Gasteiger partial charge in [-0.25, -0.2) is 4.79 Å². The first kappa shape index (κ1) is 21.0. The Morgan fingerprint density at radius 1 is 1.12 bits per heavy atom. The first-order valence-corrected chi connectivity index (χ1v) is 11.8. The number of carbonyl (C=O) groups excluding carboxylic acids is 1. The predicted octanol–water partition coefficient (Wildman–Crippen LogP) is 5.76. The molecule has 1 saturated heterocycles. The van der Waals surface area contributed by atoms with Crippen LogP contribution in [0.15, 0.2) is 70.0 Å². The molecule has 162 valence electrons. The van der Waals surface area contributed by atoms with Gasteiger partial charge in [0.05, 0.1) is 10.5 Å². The van der Waals surface area contributed by atoms with E-state index in [1.54, 1.807) is 29.2 Å². The number of fused-ring (bicyclic) bond motifs is 1. The summed E-state index contributed by atoms with van der Waals surface area (Å²) in [5.41, 5.74) is 0.991. The van der Waals surface area contributed by atoms with Gasteiger partial charge in [-0.2, -0.15) is 0 Å². The van der Waals surface area contributed by atoms with Crippen LogP contribution < -0.4 is 0 Å². The summed E-state index contributed by atoms with van der Waals surface area (Å²) in [5.74, 6) is 0.912. The Kier molecular flexibility index (Phi) is 5.61. The van der Waals surface area contributed by atoms with E-state index in [1.165, 1.54) is 23.9 Å². The summed E-state index contributed by atoms with van der Waals surface area (Å²) >= 11 is 6.93. The highest BCUT2D eigenvalue weighted by atomic mass is 32.2. The zero-order valence-electron chi connectivity index (χ0n) is 17.1. The van der Waals surface area contributed by atoms with Crippen LogP contribution in [0.2, 0.25) is 0 Å². The summed E-state index contributed by atoms with van der Waals surface area (Å²) in [6, 6.07) is 10.2. The van der Waals surface area contributed by atoms with Crippen LogP contribution in [0.5, 0.6) is 0 Å². The summed E-state index contributed by atoms with van der Waals surface area (Å²) in [4.78, 5) is 26.7. The number of amides is 1. The molecule has 5 nitrogen and oxygen atoms in total. The van der Waals surface area contributed by atoms with Crippen LogP contribution in [-0.4, -0.2) is 32.2 Å². The molecular weight excluding hydrogens is 442 g/mol. The Morgan fingerprint density at radius 2 is 1.91 bits per heavy atom. The molecular formula is C25H21NO4S2. The second-order valence-electron chi connectivity index (χ2n) is 8.15. The van der Waals surface area contributed by atoms with E-state index in [2.05, 4.69) is 24.3 Å². The van der Waals surface area contributed by atoms with Gasteiger partial charge in [-0.3, -0.25) is 9.69 Å². The molecule has 32 heavy (non-hydrogen) atoms. The molecule has 1 aliphatic heterocycles. The molecule has 1 saturated carbocycles. The van der Waals surface area contributed by atoms with Crippen LogP contribution in [0.25, 0.3) is 17.4 Å². The van der Waals surface area contributed by atoms with Crippen molar-refractivity contribution in [2.45, 2.75) is 25.3 Å². The summed E-state index contributed by atoms with van der Waals surface area (Å²) in [5, 5.41) is 9.05. The van der Waals surface area contributed by atoms with E-state index in [0.717, 1.165) is 24.8 Å². The summed E-state index contributed by atoms with van der Waals surface area (Å²) in [7, 11) is 0. The number of thioether (sulfide) groups is 1. The number of carboxylic acids is 1. The molecule has 0 bridgehead atoms. The number of hydrogen-bond donors (Lipinski definition) is 1. The van der Waals surface area contributed by atoms with E-state index in [0.29, 0.717) is 32.6 Å². The van der Waals surface area contributed by atoms with Gasteiger partial charge in [0.25, 0.3) is 5.91 Å². The Bertz CT molecular complexity index is 1170. The monoisotopic (exact) mass is 463 g/mol. The van der Waals surface area contributed by atoms with Gasteiger partial charge >= 0.3 is 5.97 Å². The number of nitrogens with zero attached hydrogens (tertiary/aromatic N) is 1. The van der Waals surface area contributed by atoms with Crippen molar-refractivity contribution in [3.63, 3.8) is 0 Å². The van der Waals surface area contributed by atoms with E-state index in [-0.39, 0.29) is 17.5 Å². The third-order valence-electron chi connectivity index (χ3n) is 6.25. The number of furan rings is 1. The number of carbonyl (C=O) groups is 2. The van der Waals surface area contributed by atoms with Crippen LogP contribution in [0.4, 0.5) is 0 Å². The van der Waals surface area contributed by atoms with Crippen molar-refractivity contribution in [2.24, 2.45) is 11.8 Å². The van der Waals surface area contributed by atoms with Crippen LogP contribution in [0.3, 0.4) is 0 Å². The summed E-state index contributed by atoms with van der Waals surface area (Å²) in [6.45, 7) is 0. The smallest absolute Gasteiger partial charge is 0.335 e. The molecule has 0 spiro atoms. The fraction of sp³-hybridized carbons (Fsp3) is 0.240. The second kappa shape index (κ2) is 8.56. The molecule has 2 aromatic rings. The van der Waals surface area contributed by atoms with E-state index < -0.39 is 5.97 Å². The third kappa shape index (κ3) is 3.87. The average molecular weight is 464 g/mol. The number of thiocarbonyl (C=S) groups is 1. The molecule has 2 unspecified atom stereocenters. The lowest BCUT2D eigenvalue weighted by Crippen LogP contribution is -2.47. The first-order chi connectivity index (χ1) is 15.5. The second-order valence-corrected chi connectivity index (χ2v) is 9.82. The molecule has 1 aromatic heterocycles. The standard InChI is InChI=1S/C25H21NO4S2/c27-23-22(14-18-12-13-21(30-18)16-8-10-17(11-9-16)24(28)29)32-25(31)26(23)20-7-3-5-15-4-1-2-6-19(15)20/h1-2,4,6,8-15,19-20H,3,5,7H2,(H,28,29)/b22-14-/t15-,19?,20?/m0/s1. The fourth-order valence-electron chi connectivity index (χ4n) is 4.69. The molecule has 3 atom stereocenters. The Balaban J connectivity index is 1.36. The van der Waals surface area contributed by atoms with E-state index in [9.17, 15) is 9.59 Å². The normalized spacial score (nSPS) is 26.1. The van der Waals surface area contributed by atoms with Crippen molar-refractivity contribution in [1.29, 1.82) is 0 Å². The number of rotatable bonds is 4. The topological polar surface area (TPSA) is 70.8 Å². The van der Waals surface area contributed by atoms with Crippen LogP contribution in [-0.2, 0) is 4.79 Å². The van der Waals surface area contributed by atoms with E-state index in [4.69, 9.17) is 21.7 Å². The predicted molar refractivity (Wildman–Crippen MR) is 129 cm³/mol. The maximum absolute atomic E-state index is 13.3. The van der Waals surface area contributed by atoms with Crippen LogP contribution >= 0.6 is 24.0 Å². The molecule has 3 aliphatic rings. The lowest BCUT2D eigenvalue weighted by Gasteiger charge is -2.40. The maximum Gasteiger partial charge on any atom is 0.335 e. The zero-order chi connectivity index (χ0) is 22.2. The van der Waals surface area contributed by atoms with Crippen LogP contribution in [0, 0.1) is 11.8 Å². The fourth-order valence-corrected chi connectivity index (χ4v) is 6.04. The van der Waals surface area contributed by atoms with Gasteiger partial charge in [0.1, 0.15) is 15.8 Å². The maximum atomic E-state index is 13.3. The molecule has 7 heteroatoms. The molecule has 2 aliphatic carbocycles. The number of benzene rings is 1. The van der Waals surface area contributed by atoms with E-state index in [1.807, 2.05) is 6.07 Å². The molecule has 1 N–H and O–H groups in total. The zero-order valence-corrected chi connectivity index (χ0v) is 18.8. The highest BCUT2D eigenvalue weighted by Gasteiger charge is 2.43. The quantitative estimate of drug-likeness (QED) is 0.459. The lowest BCUT2D eigenvalue weighted by atomic mass is 9.73. The van der Waals surface area contributed by atoms with Gasteiger partial charge in [-0.05, 0) is 43.0 Å². The van der Waals surface area contributed by atoms with Gasteiger partial charge in [-0.15, -0.1) is 0 Å². The average Bonchev–Trinajstić information content (AvgIpc) is 3.38. The summed E-state index contributed by atoms with van der Waals surface area (Å²) < 4.78 is 6.51. The van der Waals surface area contributed by atoms with Crippen molar-refractivity contribution in [1.82, 2.24) is 4.90 Å². The lowest BCUT2D eigenvalue weighted by molar-refractivity contribution is -0.124. The third-order valence-corrected chi connectivity index (χ3v) is 7.58. The minimum Gasteiger partial charge on any atom is -0.478 e. The molecule has 2 fully saturated rings. The van der Waals surface area contributed by atoms with Gasteiger partial charge in [0, 0.05) is 23.6 Å². The van der Waals surface area contributed by atoms with Crippen molar-refractivity contribution in [2.75, 3.05) is 0 Å².